The Bertz CT molecular complexity index is 1140. The van der Waals surface area contributed by atoms with E-state index in [4.69, 9.17) is 37.4 Å². The number of hydrogen-bond acceptors (Lipinski definition) is 5. The van der Waals surface area contributed by atoms with Crippen LogP contribution in [0.25, 0.3) is 0 Å². The van der Waals surface area contributed by atoms with Crippen LogP contribution in [0, 0.1) is 0 Å². The first-order chi connectivity index (χ1) is 17.3. The second-order valence-electron chi connectivity index (χ2n) is 9.06. The topological polar surface area (TPSA) is 68.3 Å². The molecular weight excluding hydrogens is 571 g/mol. The van der Waals surface area contributed by atoms with Crippen molar-refractivity contribution >= 4 is 51.1 Å². The van der Waals surface area contributed by atoms with Crippen LogP contribution in [0.2, 0.25) is 10.0 Å². The summed E-state index contributed by atoms with van der Waals surface area (Å²) >= 11 is 16.3. The van der Waals surface area contributed by atoms with E-state index in [2.05, 4.69) is 15.9 Å². The van der Waals surface area contributed by atoms with Crippen LogP contribution in [0.4, 0.5) is 4.79 Å². The molecule has 2 aliphatic heterocycles. The number of imide groups is 1. The van der Waals surface area contributed by atoms with Gasteiger partial charge in [0.15, 0.2) is 11.5 Å². The predicted molar refractivity (Wildman–Crippen MR) is 142 cm³/mol. The molecule has 0 aromatic heterocycles. The van der Waals surface area contributed by atoms with Crippen molar-refractivity contribution in [3.63, 3.8) is 0 Å². The number of carbonyl (C=O) groups is 2. The SMILES string of the molecule is COc1cc(Br)c(CCN2CCC(=O)N(CC3(c4ccc(Cl)cc4Cl)CCOCC3)C2=O)cc1OC. The van der Waals surface area contributed by atoms with Crippen LogP contribution in [0.3, 0.4) is 0 Å². The summed E-state index contributed by atoms with van der Waals surface area (Å²) < 4.78 is 17.3. The number of ether oxygens (including phenoxy) is 3. The number of amides is 3. The highest BCUT2D eigenvalue weighted by molar-refractivity contribution is 9.10. The highest BCUT2D eigenvalue weighted by Crippen LogP contribution is 2.41. The van der Waals surface area contributed by atoms with Crippen LogP contribution >= 0.6 is 39.1 Å². The van der Waals surface area contributed by atoms with Crippen molar-refractivity contribution < 1.29 is 23.8 Å². The van der Waals surface area contributed by atoms with Gasteiger partial charge in [0.1, 0.15) is 0 Å². The summed E-state index contributed by atoms with van der Waals surface area (Å²) in [5, 5.41) is 1.08. The number of carbonyl (C=O) groups excluding carboxylic acids is 2. The van der Waals surface area contributed by atoms with Gasteiger partial charge < -0.3 is 19.1 Å². The maximum Gasteiger partial charge on any atom is 0.326 e. The zero-order chi connectivity index (χ0) is 25.9. The summed E-state index contributed by atoms with van der Waals surface area (Å²) in [6.07, 6.45) is 2.19. The Hall–Kier alpha value is -2.00. The van der Waals surface area contributed by atoms with Crippen LogP contribution in [-0.2, 0) is 21.4 Å². The van der Waals surface area contributed by atoms with E-state index in [9.17, 15) is 9.59 Å². The molecule has 2 aromatic rings. The largest absolute Gasteiger partial charge is 0.493 e. The van der Waals surface area contributed by atoms with Crippen LogP contribution in [0.5, 0.6) is 11.5 Å². The molecule has 0 N–H and O–H groups in total. The van der Waals surface area contributed by atoms with Crippen molar-refractivity contribution in [3.8, 4) is 11.5 Å². The van der Waals surface area contributed by atoms with Gasteiger partial charge in [0.25, 0.3) is 0 Å². The van der Waals surface area contributed by atoms with Gasteiger partial charge in [-0.3, -0.25) is 9.69 Å². The summed E-state index contributed by atoms with van der Waals surface area (Å²) in [6.45, 7) is 2.18. The molecule has 0 atom stereocenters. The van der Waals surface area contributed by atoms with Gasteiger partial charge in [-0.05, 0) is 54.7 Å². The summed E-state index contributed by atoms with van der Waals surface area (Å²) in [5.74, 6) is 1.08. The van der Waals surface area contributed by atoms with E-state index in [1.807, 2.05) is 18.2 Å². The second-order valence-corrected chi connectivity index (χ2v) is 10.8. The average Bonchev–Trinajstić information content (AvgIpc) is 2.87. The number of hydrogen-bond donors (Lipinski definition) is 0. The van der Waals surface area contributed by atoms with Gasteiger partial charge >= 0.3 is 6.03 Å². The quantitative estimate of drug-likeness (QED) is 0.388. The molecule has 0 radical (unpaired) electrons. The molecule has 10 heteroatoms. The first-order valence-corrected chi connectivity index (χ1v) is 13.4. The van der Waals surface area contributed by atoms with Crippen LogP contribution in [0.15, 0.2) is 34.8 Å². The third-order valence-electron chi connectivity index (χ3n) is 7.01. The molecule has 2 fully saturated rings. The smallest absolute Gasteiger partial charge is 0.326 e. The molecule has 2 aromatic carbocycles. The fraction of sp³-hybridized carbons (Fsp3) is 0.462. The highest BCUT2D eigenvalue weighted by atomic mass is 79.9. The van der Waals surface area contributed by atoms with Gasteiger partial charge in [-0.1, -0.05) is 45.2 Å². The van der Waals surface area contributed by atoms with Gasteiger partial charge in [-0.25, -0.2) is 4.79 Å². The highest BCUT2D eigenvalue weighted by Gasteiger charge is 2.43. The molecule has 7 nitrogen and oxygen atoms in total. The van der Waals surface area contributed by atoms with Crippen molar-refractivity contribution in [2.45, 2.75) is 31.1 Å². The maximum absolute atomic E-state index is 13.5. The lowest BCUT2D eigenvalue weighted by Crippen LogP contribution is -2.57. The van der Waals surface area contributed by atoms with Crippen molar-refractivity contribution in [3.05, 3.63) is 56.0 Å². The van der Waals surface area contributed by atoms with Gasteiger partial charge in [0.05, 0.1) is 14.2 Å². The molecule has 0 saturated carbocycles. The van der Waals surface area contributed by atoms with Crippen molar-refractivity contribution in [2.24, 2.45) is 0 Å². The van der Waals surface area contributed by atoms with Gasteiger partial charge in [0.2, 0.25) is 5.91 Å². The Balaban J connectivity index is 1.54. The van der Waals surface area contributed by atoms with Gasteiger partial charge in [-0.2, -0.15) is 0 Å². The van der Waals surface area contributed by atoms with E-state index in [-0.39, 0.29) is 24.9 Å². The minimum Gasteiger partial charge on any atom is -0.493 e. The molecular formula is C26H29BrCl2N2O5. The lowest BCUT2D eigenvalue weighted by Gasteiger charge is -2.43. The lowest BCUT2D eigenvalue weighted by atomic mass is 9.73. The Morgan fingerprint density at radius 2 is 1.75 bits per heavy atom. The van der Waals surface area contributed by atoms with E-state index < -0.39 is 5.41 Å². The molecule has 3 amide bonds. The molecule has 36 heavy (non-hydrogen) atoms. The summed E-state index contributed by atoms with van der Waals surface area (Å²) in [6, 6.07) is 8.89. The van der Waals surface area contributed by atoms with Gasteiger partial charge in [0, 0.05) is 59.2 Å². The predicted octanol–water partition coefficient (Wildman–Crippen LogP) is 5.72. The van der Waals surface area contributed by atoms with Crippen LogP contribution in [0.1, 0.15) is 30.4 Å². The van der Waals surface area contributed by atoms with Crippen LogP contribution in [-0.4, -0.2) is 68.8 Å². The average molecular weight is 600 g/mol. The molecule has 0 bridgehead atoms. The Labute approximate surface area is 229 Å². The van der Waals surface area contributed by atoms with Crippen molar-refractivity contribution in [1.82, 2.24) is 9.80 Å². The first kappa shape index (κ1) is 27.0. The zero-order valence-corrected chi connectivity index (χ0v) is 23.4. The third-order valence-corrected chi connectivity index (χ3v) is 8.30. The molecule has 0 aliphatic carbocycles. The molecule has 2 aliphatic rings. The first-order valence-electron chi connectivity index (χ1n) is 11.8. The van der Waals surface area contributed by atoms with Crippen LogP contribution < -0.4 is 9.47 Å². The van der Waals surface area contributed by atoms with E-state index in [1.54, 1.807) is 31.3 Å². The van der Waals surface area contributed by atoms with Crippen molar-refractivity contribution in [1.29, 1.82) is 0 Å². The van der Waals surface area contributed by atoms with E-state index in [0.717, 1.165) is 15.6 Å². The molecule has 194 valence electrons. The number of methoxy groups -OCH3 is 2. The zero-order valence-electron chi connectivity index (χ0n) is 20.3. The molecule has 4 rings (SSSR count). The Kier molecular flexibility index (Phi) is 8.71. The summed E-state index contributed by atoms with van der Waals surface area (Å²) in [5.41, 5.74) is 1.39. The number of urea groups is 1. The van der Waals surface area contributed by atoms with E-state index in [0.29, 0.717) is 67.1 Å². The monoisotopic (exact) mass is 598 g/mol. The number of rotatable bonds is 8. The molecule has 2 heterocycles. The van der Waals surface area contributed by atoms with E-state index >= 15 is 0 Å². The summed E-state index contributed by atoms with van der Waals surface area (Å²) in [7, 11) is 3.18. The second kappa shape index (κ2) is 11.6. The minimum atomic E-state index is -0.485. The Morgan fingerprint density at radius 3 is 2.42 bits per heavy atom. The fourth-order valence-electron chi connectivity index (χ4n) is 4.94. The normalized spacial score (nSPS) is 17.9. The van der Waals surface area contributed by atoms with E-state index in [1.165, 1.54) is 4.90 Å². The number of nitrogens with zero attached hydrogens (tertiary/aromatic N) is 2. The standard InChI is InChI=1S/C26H29BrCl2N2O5/c1-34-22-13-17(20(27)15-23(22)35-2)5-9-30-10-6-24(32)31(25(30)33)16-26(7-11-36-12-8-26)19-4-3-18(28)14-21(19)29/h3-4,13-15H,5-12,16H2,1-2H3. The number of halogens is 3. The molecule has 0 spiro atoms. The minimum absolute atomic E-state index is 0.167. The van der Waals surface area contributed by atoms with Crippen molar-refractivity contribution in [2.75, 3.05) is 47.1 Å². The summed E-state index contributed by atoms with van der Waals surface area (Å²) in [4.78, 5) is 29.6. The molecule has 2 saturated heterocycles. The molecule has 0 unspecified atom stereocenters. The third kappa shape index (κ3) is 5.62. The van der Waals surface area contributed by atoms with Gasteiger partial charge in [-0.15, -0.1) is 0 Å². The maximum atomic E-state index is 13.5. The Morgan fingerprint density at radius 1 is 1.06 bits per heavy atom. The number of benzene rings is 2. The lowest BCUT2D eigenvalue weighted by molar-refractivity contribution is -0.132. The fourth-order valence-corrected chi connectivity index (χ4v) is 6.07.